The van der Waals surface area contributed by atoms with Gasteiger partial charge in [-0.2, -0.15) is 0 Å². The van der Waals surface area contributed by atoms with E-state index in [1.165, 1.54) is 41.6 Å². The van der Waals surface area contributed by atoms with Crippen molar-refractivity contribution in [3.63, 3.8) is 0 Å². The largest absolute Gasteiger partial charge is 0.332 e. The van der Waals surface area contributed by atoms with Gasteiger partial charge in [0.15, 0.2) is 5.16 Å². The van der Waals surface area contributed by atoms with E-state index in [1.807, 2.05) is 38.1 Å². The summed E-state index contributed by atoms with van der Waals surface area (Å²) in [7, 11) is -3.90. The summed E-state index contributed by atoms with van der Waals surface area (Å²) in [5, 5.41) is 3.43. The molecule has 214 valence electrons. The number of carbonyl (C=O) groups excluding carboxylic acids is 1. The van der Waals surface area contributed by atoms with Crippen LogP contribution in [0.5, 0.6) is 0 Å². The number of aryl methyl sites for hydroxylation is 4. The Balaban J connectivity index is 1.26. The zero-order valence-corrected chi connectivity index (χ0v) is 25.2. The lowest BCUT2D eigenvalue weighted by Crippen LogP contribution is -2.16. The number of aromatic amines is 1. The quantitative estimate of drug-likeness (QED) is 0.170. The van der Waals surface area contributed by atoms with Crippen LogP contribution in [0.3, 0.4) is 0 Å². The molecule has 0 fully saturated rings. The lowest BCUT2D eigenvalue weighted by Gasteiger charge is -2.09. The van der Waals surface area contributed by atoms with Gasteiger partial charge in [0, 0.05) is 28.2 Å². The van der Waals surface area contributed by atoms with Crippen molar-refractivity contribution in [1.82, 2.24) is 19.9 Å². The number of rotatable bonds is 9. The Morgan fingerprint density at radius 2 is 1.36 bits per heavy atom. The van der Waals surface area contributed by atoms with Gasteiger partial charge in [-0.3, -0.25) is 4.79 Å². The van der Waals surface area contributed by atoms with Crippen LogP contribution in [0.25, 0.3) is 22.5 Å². The molecule has 2 heterocycles. The van der Waals surface area contributed by atoms with E-state index in [0.717, 1.165) is 28.1 Å². The van der Waals surface area contributed by atoms with Gasteiger partial charge in [-0.25, -0.2) is 28.1 Å². The fraction of sp³-hybridized carbons (Fsp3) is 0.161. The Morgan fingerprint density at radius 3 is 1.95 bits per heavy atom. The number of amides is 1. The van der Waals surface area contributed by atoms with E-state index in [2.05, 4.69) is 49.3 Å². The van der Waals surface area contributed by atoms with Crippen molar-refractivity contribution < 1.29 is 13.2 Å². The number of benzene rings is 3. The van der Waals surface area contributed by atoms with E-state index in [4.69, 9.17) is 4.98 Å². The Bertz CT molecular complexity index is 1750. The Labute approximate surface area is 249 Å². The first kappa shape index (κ1) is 29.0. The highest BCUT2D eigenvalue weighted by Crippen LogP contribution is 2.33. The number of imidazole rings is 1. The SMILES string of the molecule is Cc1ccc(-c2nc(SCC(=O)Nc3ccc(S(=O)(=O)Nc4nc(C)cc(C)n4)cc3)[nH]c2-c2ccc(C)cc2)cc1. The average Bonchev–Trinajstić information content (AvgIpc) is 3.36. The maximum atomic E-state index is 12.8. The molecule has 42 heavy (non-hydrogen) atoms. The number of thioether (sulfide) groups is 1. The highest BCUT2D eigenvalue weighted by Gasteiger charge is 2.18. The lowest BCUT2D eigenvalue weighted by atomic mass is 10.0. The minimum absolute atomic E-state index is 0.0101. The molecule has 0 saturated carbocycles. The summed E-state index contributed by atoms with van der Waals surface area (Å²) < 4.78 is 28.0. The van der Waals surface area contributed by atoms with Gasteiger partial charge in [0.1, 0.15) is 0 Å². The molecule has 0 atom stereocenters. The van der Waals surface area contributed by atoms with E-state index in [-0.39, 0.29) is 22.5 Å². The van der Waals surface area contributed by atoms with Gasteiger partial charge in [-0.15, -0.1) is 0 Å². The van der Waals surface area contributed by atoms with Crippen LogP contribution in [0.2, 0.25) is 0 Å². The highest BCUT2D eigenvalue weighted by atomic mass is 32.2. The van der Waals surface area contributed by atoms with E-state index >= 15 is 0 Å². The number of sulfonamides is 1. The fourth-order valence-electron chi connectivity index (χ4n) is 4.27. The van der Waals surface area contributed by atoms with Crippen LogP contribution in [-0.4, -0.2) is 40.0 Å². The first-order chi connectivity index (χ1) is 20.1. The van der Waals surface area contributed by atoms with Crippen molar-refractivity contribution in [2.24, 2.45) is 0 Å². The molecule has 0 unspecified atom stereocenters. The van der Waals surface area contributed by atoms with Crippen molar-refractivity contribution in [2.45, 2.75) is 37.7 Å². The molecule has 11 heteroatoms. The summed E-state index contributed by atoms with van der Waals surface area (Å²) in [6.45, 7) is 7.61. The monoisotopic (exact) mass is 598 g/mol. The summed E-state index contributed by atoms with van der Waals surface area (Å²) in [6, 6.07) is 24.1. The van der Waals surface area contributed by atoms with Crippen molar-refractivity contribution in [3.05, 3.63) is 101 Å². The molecule has 0 aliphatic carbocycles. The third-order valence-electron chi connectivity index (χ3n) is 6.34. The van der Waals surface area contributed by atoms with Crippen LogP contribution in [0.15, 0.2) is 88.9 Å². The van der Waals surface area contributed by atoms with Crippen molar-refractivity contribution in [2.75, 3.05) is 15.8 Å². The molecular weight excluding hydrogens is 569 g/mol. The molecule has 5 rings (SSSR count). The molecule has 0 spiro atoms. The number of hydrogen-bond acceptors (Lipinski definition) is 7. The van der Waals surface area contributed by atoms with Gasteiger partial charge in [0.25, 0.3) is 10.0 Å². The fourth-order valence-corrected chi connectivity index (χ4v) is 5.88. The second-order valence-corrected chi connectivity index (χ2v) is 12.6. The van der Waals surface area contributed by atoms with Crippen LogP contribution in [0.1, 0.15) is 22.5 Å². The molecule has 0 saturated heterocycles. The highest BCUT2D eigenvalue weighted by molar-refractivity contribution is 7.99. The number of nitrogens with zero attached hydrogens (tertiary/aromatic N) is 3. The molecule has 9 nitrogen and oxygen atoms in total. The summed E-state index contributed by atoms with van der Waals surface area (Å²) in [5.41, 5.74) is 7.81. The molecule has 3 aromatic carbocycles. The van der Waals surface area contributed by atoms with Crippen LogP contribution in [-0.2, 0) is 14.8 Å². The minimum atomic E-state index is -3.90. The molecule has 1 amide bonds. The minimum Gasteiger partial charge on any atom is -0.332 e. The predicted molar refractivity (Wildman–Crippen MR) is 167 cm³/mol. The molecule has 0 aliphatic heterocycles. The van der Waals surface area contributed by atoms with Gasteiger partial charge in [0.05, 0.1) is 22.0 Å². The van der Waals surface area contributed by atoms with E-state index in [1.54, 1.807) is 19.9 Å². The summed E-state index contributed by atoms with van der Waals surface area (Å²) in [5.74, 6) is -0.127. The molecular formula is C31H30N6O3S2. The zero-order valence-electron chi connectivity index (χ0n) is 23.6. The second-order valence-electron chi connectivity index (χ2n) is 9.94. The van der Waals surface area contributed by atoms with Gasteiger partial charge in [-0.05, 0) is 58.0 Å². The van der Waals surface area contributed by atoms with Gasteiger partial charge >= 0.3 is 0 Å². The second kappa shape index (κ2) is 12.2. The topological polar surface area (TPSA) is 130 Å². The number of H-pyrrole nitrogens is 1. The number of hydrogen-bond donors (Lipinski definition) is 3. The van der Waals surface area contributed by atoms with Crippen molar-refractivity contribution >= 4 is 39.3 Å². The van der Waals surface area contributed by atoms with Crippen molar-refractivity contribution in [3.8, 4) is 22.5 Å². The number of aromatic nitrogens is 4. The third-order valence-corrected chi connectivity index (χ3v) is 8.56. The van der Waals surface area contributed by atoms with E-state index in [9.17, 15) is 13.2 Å². The summed E-state index contributed by atoms with van der Waals surface area (Å²) in [6.07, 6.45) is 0. The van der Waals surface area contributed by atoms with Gasteiger partial charge < -0.3 is 10.3 Å². The molecule has 2 aromatic heterocycles. The number of anilines is 2. The van der Waals surface area contributed by atoms with E-state index < -0.39 is 10.0 Å². The Hall–Kier alpha value is -4.48. The average molecular weight is 599 g/mol. The molecule has 0 radical (unpaired) electrons. The van der Waals surface area contributed by atoms with Crippen molar-refractivity contribution in [1.29, 1.82) is 0 Å². The molecule has 5 aromatic rings. The zero-order chi connectivity index (χ0) is 29.9. The van der Waals surface area contributed by atoms with Crippen LogP contribution in [0, 0.1) is 27.7 Å². The van der Waals surface area contributed by atoms with Crippen LogP contribution >= 0.6 is 11.8 Å². The predicted octanol–water partition coefficient (Wildman–Crippen LogP) is 6.30. The first-order valence-electron chi connectivity index (χ1n) is 13.2. The number of nitrogens with one attached hydrogen (secondary N) is 3. The molecule has 0 bridgehead atoms. The Kier molecular flexibility index (Phi) is 8.41. The maximum absolute atomic E-state index is 12.8. The van der Waals surface area contributed by atoms with Crippen LogP contribution < -0.4 is 10.0 Å². The number of carbonyl (C=O) groups is 1. The molecule has 0 aliphatic rings. The summed E-state index contributed by atoms with van der Waals surface area (Å²) >= 11 is 1.29. The molecule has 3 N–H and O–H groups in total. The smallest absolute Gasteiger partial charge is 0.264 e. The summed E-state index contributed by atoms with van der Waals surface area (Å²) in [4.78, 5) is 29.2. The van der Waals surface area contributed by atoms with E-state index in [0.29, 0.717) is 22.2 Å². The van der Waals surface area contributed by atoms with Gasteiger partial charge in [-0.1, -0.05) is 71.4 Å². The normalized spacial score (nSPS) is 11.3. The standard InChI is InChI=1S/C31H30N6O3S2/c1-19-5-9-23(10-6-19)28-29(24-11-7-20(2)8-12-24)36-31(35-28)41-18-27(38)34-25-13-15-26(16-14-25)42(39,40)37-30-32-21(3)17-22(4)33-30/h5-17H,18H2,1-4H3,(H,34,38)(H,35,36)(H,32,33,37). The first-order valence-corrected chi connectivity index (χ1v) is 15.6. The van der Waals surface area contributed by atoms with Gasteiger partial charge in [0.2, 0.25) is 11.9 Å². The Morgan fingerprint density at radius 1 is 0.786 bits per heavy atom. The lowest BCUT2D eigenvalue weighted by molar-refractivity contribution is -0.113. The van der Waals surface area contributed by atoms with Crippen LogP contribution in [0.4, 0.5) is 11.6 Å². The maximum Gasteiger partial charge on any atom is 0.264 e. The third kappa shape index (κ3) is 7.04.